The summed E-state index contributed by atoms with van der Waals surface area (Å²) in [6.07, 6.45) is 2.04. The molecule has 0 aromatic heterocycles. The van der Waals surface area contributed by atoms with Crippen molar-refractivity contribution in [1.29, 1.82) is 0 Å². The SMILES string of the molecule is CC=C(CN=[N+]=[N-])CN1CCNCC1. The fourth-order valence-corrected chi connectivity index (χ4v) is 1.51. The number of nitrogens with one attached hydrogen (secondary N) is 1. The highest BCUT2D eigenvalue weighted by Gasteiger charge is 2.09. The highest BCUT2D eigenvalue weighted by atomic mass is 15.2. The Morgan fingerprint density at radius 2 is 2.29 bits per heavy atom. The Balaban J connectivity index is 2.35. The number of rotatable bonds is 4. The molecule has 0 bridgehead atoms. The third kappa shape index (κ3) is 3.79. The van der Waals surface area contributed by atoms with Crippen LogP contribution in [0.4, 0.5) is 0 Å². The molecule has 1 aliphatic heterocycles. The van der Waals surface area contributed by atoms with Gasteiger partial charge in [0.1, 0.15) is 0 Å². The molecule has 1 rings (SSSR count). The molecule has 5 nitrogen and oxygen atoms in total. The second kappa shape index (κ2) is 6.43. The lowest BCUT2D eigenvalue weighted by Gasteiger charge is -2.27. The van der Waals surface area contributed by atoms with Gasteiger partial charge in [-0.25, -0.2) is 0 Å². The Kier molecular flexibility index (Phi) is 5.07. The van der Waals surface area contributed by atoms with Crippen molar-refractivity contribution >= 4 is 0 Å². The third-order valence-corrected chi connectivity index (χ3v) is 2.38. The molecule has 0 unspecified atom stereocenters. The minimum atomic E-state index is 0.497. The lowest BCUT2D eigenvalue weighted by molar-refractivity contribution is 0.259. The molecule has 0 radical (unpaired) electrons. The van der Waals surface area contributed by atoms with Crippen LogP contribution in [0, 0.1) is 0 Å². The Labute approximate surface area is 84.4 Å². The average molecular weight is 195 g/mol. The van der Waals surface area contributed by atoms with E-state index >= 15 is 0 Å². The molecule has 0 saturated carbocycles. The number of hydrogen-bond donors (Lipinski definition) is 1. The van der Waals surface area contributed by atoms with Crippen LogP contribution in [0.2, 0.25) is 0 Å². The van der Waals surface area contributed by atoms with E-state index in [4.69, 9.17) is 5.53 Å². The molecule has 14 heavy (non-hydrogen) atoms. The van der Waals surface area contributed by atoms with E-state index in [9.17, 15) is 0 Å². The summed E-state index contributed by atoms with van der Waals surface area (Å²) in [5.74, 6) is 0. The number of piperazine rings is 1. The summed E-state index contributed by atoms with van der Waals surface area (Å²) in [5.41, 5.74) is 9.42. The Morgan fingerprint density at radius 3 is 2.86 bits per heavy atom. The van der Waals surface area contributed by atoms with Gasteiger partial charge in [-0.1, -0.05) is 16.8 Å². The third-order valence-electron chi connectivity index (χ3n) is 2.38. The Morgan fingerprint density at radius 1 is 1.57 bits per heavy atom. The van der Waals surface area contributed by atoms with Gasteiger partial charge in [-0.2, -0.15) is 0 Å². The minimum Gasteiger partial charge on any atom is -0.314 e. The van der Waals surface area contributed by atoms with Gasteiger partial charge in [0.25, 0.3) is 0 Å². The fourth-order valence-electron chi connectivity index (χ4n) is 1.51. The Hall–Kier alpha value is -1.03. The number of hydrogen-bond acceptors (Lipinski definition) is 3. The van der Waals surface area contributed by atoms with Gasteiger partial charge in [-0.05, 0) is 12.5 Å². The molecule has 0 spiro atoms. The van der Waals surface area contributed by atoms with Crippen LogP contribution in [0.5, 0.6) is 0 Å². The summed E-state index contributed by atoms with van der Waals surface area (Å²) in [4.78, 5) is 5.14. The molecular formula is C9H17N5. The van der Waals surface area contributed by atoms with Gasteiger partial charge in [0, 0.05) is 44.2 Å². The first-order valence-corrected chi connectivity index (χ1v) is 4.95. The molecule has 1 saturated heterocycles. The van der Waals surface area contributed by atoms with Crippen molar-refractivity contribution in [2.45, 2.75) is 6.92 Å². The molecular weight excluding hydrogens is 178 g/mol. The molecule has 78 valence electrons. The second-order valence-corrected chi connectivity index (χ2v) is 3.36. The van der Waals surface area contributed by atoms with E-state index in [2.05, 4.69) is 20.2 Å². The van der Waals surface area contributed by atoms with Gasteiger partial charge in [-0.15, -0.1) is 0 Å². The first kappa shape index (κ1) is 11.0. The van der Waals surface area contributed by atoms with Gasteiger partial charge in [-0.3, -0.25) is 4.90 Å². The summed E-state index contributed by atoms with van der Waals surface area (Å²) in [6, 6.07) is 0. The second-order valence-electron chi connectivity index (χ2n) is 3.36. The molecule has 5 heteroatoms. The van der Waals surface area contributed by atoms with Crippen LogP contribution in [0.15, 0.2) is 16.8 Å². The number of allylic oxidation sites excluding steroid dienone is 1. The number of azide groups is 1. The molecule has 1 fully saturated rings. The zero-order chi connectivity index (χ0) is 10.2. The molecule has 0 amide bonds. The van der Waals surface area contributed by atoms with Crippen LogP contribution in [0.1, 0.15) is 6.92 Å². The van der Waals surface area contributed by atoms with Gasteiger partial charge in [0.15, 0.2) is 0 Å². The monoisotopic (exact) mass is 195 g/mol. The van der Waals surface area contributed by atoms with Crippen LogP contribution < -0.4 is 5.32 Å². The van der Waals surface area contributed by atoms with E-state index in [-0.39, 0.29) is 0 Å². The zero-order valence-electron chi connectivity index (χ0n) is 8.61. The summed E-state index contributed by atoms with van der Waals surface area (Å²) in [7, 11) is 0. The molecule has 0 aromatic carbocycles. The van der Waals surface area contributed by atoms with Gasteiger partial charge in [0.05, 0.1) is 0 Å². The maximum atomic E-state index is 8.22. The summed E-state index contributed by atoms with van der Waals surface area (Å²) >= 11 is 0. The topological polar surface area (TPSA) is 64.0 Å². The van der Waals surface area contributed by atoms with Crippen molar-refractivity contribution in [3.8, 4) is 0 Å². The first-order valence-electron chi connectivity index (χ1n) is 4.95. The van der Waals surface area contributed by atoms with Crippen molar-refractivity contribution in [2.75, 3.05) is 39.3 Å². The van der Waals surface area contributed by atoms with E-state index in [0.717, 1.165) is 32.7 Å². The Bertz CT molecular complexity index is 236. The fraction of sp³-hybridized carbons (Fsp3) is 0.778. The summed E-state index contributed by atoms with van der Waals surface area (Å²) < 4.78 is 0. The van der Waals surface area contributed by atoms with Crippen molar-refractivity contribution in [1.82, 2.24) is 10.2 Å². The van der Waals surface area contributed by atoms with Crippen LogP contribution in [-0.4, -0.2) is 44.2 Å². The van der Waals surface area contributed by atoms with Crippen molar-refractivity contribution in [2.24, 2.45) is 5.11 Å². The van der Waals surface area contributed by atoms with Gasteiger partial charge < -0.3 is 5.32 Å². The number of nitrogens with zero attached hydrogens (tertiary/aromatic N) is 4. The van der Waals surface area contributed by atoms with E-state index in [1.807, 2.05) is 13.0 Å². The van der Waals surface area contributed by atoms with Crippen molar-refractivity contribution < 1.29 is 0 Å². The maximum Gasteiger partial charge on any atom is 0.0482 e. The highest BCUT2D eigenvalue weighted by molar-refractivity contribution is 5.05. The van der Waals surface area contributed by atoms with Crippen LogP contribution in [0.3, 0.4) is 0 Å². The van der Waals surface area contributed by atoms with Crippen molar-refractivity contribution in [3.63, 3.8) is 0 Å². The molecule has 0 aliphatic carbocycles. The predicted octanol–water partition coefficient (Wildman–Crippen LogP) is 1.15. The minimum absolute atomic E-state index is 0.497. The van der Waals surface area contributed by atoms with E-state index in [0.29, 0.717) is 6.54 Å². The van der Waals surface area contributed by atoms with Crippen molar-refractivity contribution in [3.05, 3.63) is 22.1 Å². The van der Waals surface area contributed by atoms with E-state index in [1.165, 1.54) is 5.57 Å². The van der Waals surface area contributed by atoms with Crippen LogP contribution >= 0.6 is 0 Å². The van der Waals surface area contributed by atoms with Crippen LogP contribution in [-0.2, 0) is 0 Å². The van der Waals surface area contributed by atoms with E-state index < -0.39 is 0 Å². The summed E-state index contributed by atoms with van der Waals surface area (Å²) in [6.45, 7) is 7.68. The van der Waals surface area contributed by atoms with Gasteiger partial charge >= 0.3 is 0 Å². The molecule has 0 aromatic rings. The van der Waals surface area contributed by atoms with Gasteiger partial charge in [0.2, 0.25) is 0 Å². The largest absolute Gasteiger partial charge is 0.314 e. The highest BCUT2D eigenvalue weighted by Crippen LogP contribution is 2.01. The first-order chi connectivity index (χ1) is 6.86. The molecule has 0 atom stereocenters. The maximum absolute atomic E-state index is 8.22. The quantitative estimate of drug-likeness (QED) is 0.316. The molecule has 1 N–H and O–H groups in total. The summed E-state index contributed by atoms with van der Waals surface area (Å²) in [5, 5.41) is 6.88. The van der Waals surface area contributed by atoms with Crippen LogP contribution in [0.25, 0.3) is 10.4 Å². The standard InChI is InChI=1S/C9H17N5/c1-2-9(7-12-13-10)8-14-5-3-11-4-6-14/h2,11H,3-8H2,1H3. The zero-order valence-corrected chi connectivity index (χ0v) is 8.61. The smallest absolute Gasteiger partial charge is 0.0482 e. The molecule has 1 heterocycles. The lowest BCUT2D eigenvalue weighted by Crippen LogP contribution is -2.44. The average Bonchev–Trinajstić information content (AvgIpc) is 2.25. The van der Waals surface area contributed by atoms with E-state index in [1.54, 1.807) is 0 Å². The normalized spacial score (nSPS) is 19.1. The molecule has 1 aliphatic rings. The predicted molar refractivity (Wildman–Crippen MR) is 57.1 cm³/mol. The lowest BCUT2D eigenvalue weighted by atomic mass is 10.2.